The number of hydrogen-bond donors (Lipinski definition) is 3. The Hall–Kier alpha value is -1.67. The van der Waals surface area contributed by atoms with Crippen molar-refractivity contribution in [1.82, 2.24) is 10.3 Å². The van der Waals surface area contributed by atoms with Crippen LogP contribution < -0.4 is 16.4 Å². The number of carbonyl (C=O) groups is 2. The molecule has 9 heteroatoms. The van der Waals surface area contributed by atoms with Crippen molar-refractivity contribution in [2.24, 2.45) is 11.7 Å². The van der Waals surface area contributed by atoms with E-state index in [1.165, 1.54) is 11.3 Å². The quantitative estimate of drug-likeness (QED) is 0.691. The molecule has 3 rings (SSSR count). The summed E-state index contributed by atoms with van der Waals surface area (Å²) in [4.78, 5) is 28.8. The topological polar surface area (TPSA) is 97.1 Å². The Kier molecular flexibility index (Phi) is 8.31. The molecule has 2 heterocycles. The predicted octanol–water partition coefficient (Wildman–Crippen LogP) is 2.71. The van der Waals surface area contributed by atoms with Crippen LogP contribution in [-0.4, -0.2) is 29.4 Å². The maximum Gasteiger partial charge on any atom is 0.263 e. The first-order chi connectivity index (χ1) is 11.1. The van der Waals surface area contributed by atoms with Gasteiger partial charge in [-0.05, 0) is 42.3 Å². The average molecular weight is 403 g/mol. The Morgan fingerprint density at radius 1 is 1.20 bits per heavy atom. The molecule has 6 nitrogen and oxygen atoms in total. The highest BCUT2D eigenvalue weighted by Crippen LogP contribution is 2.31. The summed E-state index contributed by atoms with van der Waals surface area (Å²) in [5.41, 5.74) is 6.99. The number of hydrogen-bond acceptors (Lipinski definition) is 5. The summed E-state index contributed by atoms with van der Waals surface area (Å²) in [5.74, 6) is 0.0557. The number of nitrogens with zero attached hydrogens (tertiary/aromatic N) is 1. The molecule has 0 aliphatic heterocycles. The Morgan fingerprint density at radius 2 is 1.88 bits per heavy atom. The van der Waals surface area contributed by atoms with E-state index in [9.17, 15) is 9.59 Å². The molecule has 2 amide bonds. The molecular formula is C16H20Cl2N4O2S. The van der Waals surface area contributed by atoms with E-state index >= 15 is 0 Å². The molecule has 2 aromatic rings. The molecule has 1 aliphatic carbocycles. The number of nitrogens with two attached hydrogens (primary N) is 1. The fourth-order valence-corrected chi connectivity index (χ4v) is 3.03. The molecule has 0 aromatic carbocycles. The number of aromatic nitrogens is 1. The van der Waals surface area contributed by atoms with Crippen LogP contribution in [0.5, 0.6) is 0 Å². The maximum atomic E-state index is 12.3. The van der Waals surface area contributed by atoms with Crippen molar-refractivity contribution in [3.63, 3.8) is 0 Å². The van der Waals surface area contributed by atoms with Crippen molar-refractivity contribution >= 4 is 53.7 Å². The van der Waals surface area contributed by atoms with Crippen molar-refractivity contribution in [2.45, 2.75) is 18.9 Å². The molecule has 0 spiro atoms. The summed E-state index contributed by atoms with van der Waals surface area (Å²) in [7, 11) is 0. The minimum atomic E-state index is -0.269. The van der Waals surface area contributed by atoms with E-state index < -0.39 is 0 Å². The van der Waals surface area contributed by atoms with E-state index in [0.29, 0.717) is 28.6 Å². The summed E-state index contributed by atoms with van der Waals surface area (Å²) in [6.07, 6.45) is 5.39. The standard InChI is InChI=1S/C16H18N4O2S.2ClH/c17-12(10-1-2-10)9-19-16(22)14-13(5-8-23-14)20-15(21)11-3-6-18-7-4-11;;/h3-8,10,12H,1-2,9,17H2,(H,19,22)(H,20,21);2*1H. The van der Waals surface area contributed by atoms with E-state index in [1.807, 2.05) is 0 Å². The first-order valence-electron chi connectivity index (χ1n) is 7.48. The number of rotatable bonds is 6. The number of carbonyl (C=O) groups excluding carboxylic acids is 2. The van der Waals surface area contributed by atoms with E-state index in [1.54, 1.807) is 36.0 Å². The fourth-order valence-electron chi connectivity index (χ4n) is 2.26. The van der Waals surface area contributed by atoms with Gasteiger partial charge >= 0.3 is 0 Å². The highest BCUT2D eigenvalue weighted by Gasteiger charge is 2.28. The molecular weight excluding hydrogens is 383 g/mol. The number of nitrogens with one attached hydrogen (secondary N) is 2. The van der Waals surface area contributed by atoms with Gasteiger partial charge in [-0.3, -0.25) is 14.6 Å². The van der Waals surface area contributed by atoms with Gasteiger partial charge in [0, 0.05) is 30.5 Å². The van der Waals surface area contributed by atoms with Crippen LogP contribution in [0.3, 0.4) is 0 Å². The number of amides is 2. The van der Waals surface area contributed by atoms with Gasteiger partial charge < -0.3 is 16.4 Å². The molecule has 4 N–H and O–H groups in total. The van der Waals surface area contributed by atoms with Crippen LogP contribution in [0.4, 0.5) is 5.69 Å². The SMILES string of the molecule is Cl.Cl.NC(CNC(=O)c1sccc1NC(=O)c1ccncc1)C1CC1. The normalized spacial score (nSPS) is 13.8. The Morgan fingerprint density at radius 3 is 2.52 bits per heavy atom. The van der Waals surface area contributed by atoms with Crippen LogP contribution in [0.2, 0.25) is 0 Å². The number of pyridine rings is 1. The van der Waals surface area contributed by atoms with Crippen molar-refractivity contribution < 1.29 is 9.59 Å². The number of thiophene rings is 1. The van der Waals surface area contributed by atoms with Crippen molar-refractivity contribution in [3.8, 4) is 0 Å². The highest BCUT2D eigenvalue weighted by molar-refractivity contribution is 7.12. The Bertz CT molecular complexity index is 707. The van der Waals surface area contributed by atoms with Gasteiger partial charge in [0.25, 0.3) is 11.8 Å². The van der Waals surface area contributed by atoms with Gasteiger partial charge in [-0.1, -0.05) is 0 Å². The minimum Gasteiger partial charge on any atom is -0.350 e. The van der Waals surface area contributed by atoms with Crippen molar-refractivity contribution in [3.05, 3.63) is 46.4 Å². The molecule has 1 aliphatic rings. The lowest BCUT2D eigenvalue weighted by Crippen LogP contribution is -2.38. The minimum absolute atomic E-state index is 0. The second-order valence-electron chi connectivity index (χ2n) is 5.56. The van der Waals surface area contributed by atoms with E-state index in [0.717, 1.165) is 12.8 Å². The zero-order chi connectivity index (χ0) is 16.2. The second kappa shape index (κ2) is 9.72. The summed E-state index contributed by atoms with van der Waals surface area (Å²) >= 11 is 1.29. The lowest BCUT2D eigenvalue weighted by atomic mass is 10.2. The molecule has 1 atom stereocenters. The summed E-state index contributed by atoms with van der Waals surface area (Å²) in [6, 6.07) is 4.97. The van der Waals surface area contributed by atoms with Crippen LogP contribution in [-0.2, 0) is 0 Å². The molecule has 25 heavy (non-hydrogen) atoms. The molecule has 1 fully saturated rings. The smallest absolute Gasteiger partial charge is 0.263 e. The summed E-state index contributed by atoms with van der Waals surface area (Å²) in [6.45, 7) is 0.457. The molecule has 0 radical (unpaired) electrons. The lowest BCUT2D eigenvalue weighted by Gasteiger charge is -2.12. The summed E-state index contributed by atoms with van der Waals surface area (Å²) < 4.78 is 0. The Labute approximate surface area is 162 Å². The molecule has 136 valence electrons. The van der Waals surface area contributed by atoms with Crippen molar-refractivity contribution in [1.29, 1.82) is 0 Å². The van der Waals surface area contributed by atoms with Gasteiger partial charge in [-0.15, -0.1) is 36.2 Å². The van der Waals surface area contributed by atoms with Gasteiger partial charge in [-0.2, -0.15) is 0 Å². The lowest BCUT2D eigenvalue weighted by molar-refractivity contribution is 0.0955. The van der Waals surface area contributed by atoms with Crippen LogP contribution >= 0.6 is 36.2 Å². The fraction of sp³-hybridized carbons (Fsp3) is 0.312. The van der Waals surface area contributed by atoms with Gasteiger partial charge in [0.1, 0.15) is 4.88 Å². The molecule has 1 unspecified atom stereocenters. The predicted molar refractivity (Wildman–Crippen MR) is 104 cm³/mol. The van der Waals surface area contributed by atoms with Gasteiger partial charge in [0.15, 0.2) is 0 Å². The number of halogens is 2. The van der Waals surface area contributed by atoms with Gasteiger partial charge in [-0.25, -0.2) is 0 Å². The third kappa shape index (κ3) is 5.67. The van der Waals surface area contributed by atoms with E-state index in [-0.39, 0.29) is 42.7 Å². The average Bonchev–Trinajstić information content (AvgIpc) is 3.33. The van der Waals surface area contributed by atoms with Gasteiger partial charge in [0.2, 0.25) is 0 Å². The second-order valence-corrected chi connectivity index (χ2v) is 6.48. The first kappa shape index (κ1) is 21.4. The highest BCUT2D eigenvalue weighted by atomic mass is 35.5. The monoisotopic (exact) mass is 402 g/mol. The van der Waals surface area contributed by atoms with E-state index in [2.05, 4.69) is 15.6 Å². The van der Waals surface area contributed by atoms with Crippen LogP contribution in [0, 0.1) is 5.92 Å². The third-order valence-corrected chi connectivity index (χ3v) is 4.70. The Balaban J connectivity index is 0.00000156. The molecule has 0 bridgehead atoms. The number of anilines is 1. The van der Waals surface area contributed by atoms with Crippen LogP contribution in [0.15, 0.2) is 36.0 Å². The zero-order valence-corrected chi connectivity index (χ0v) is 15.8. The largest absolute Gasteiger partial charge is 0.350 e. The van der Waals surface area contributed by atoms with Crippen molar-refractivity contribution in [2.75, 3.05) is 11.9 Å². The molecule has 0 saturated heterocycles. The molecule has 2 aromatic heterocycles. The maximum absolute atomic E-state index is 12.3. The summed E-state index contributed by atoms with van der Waals surface area (Å²) in [5, 5.41) is 7.38. The first-order valence-corrected chi connectivity index (χ1v) is 8.36. The zero-order valence-electron chi connectivity index (χ0n) is 13.3. The van der Waals surface area contributed by atoms with E-state index in [4.69, 9.17) is 5.73 Å². The molecule has 1 saturated carbocycles. The van der Waals surface area contributed by atoms with Gasteiger partial charge in [0.05, 0.1) is 5.69 Å². The van der Waals surface area contributed by atoms with Crippen LogP contribution in [0.25, 0.3) is 0 Å². The third-order valence-electron chi connectivity index (χ3n) is 3.79. The van der Waals surface area contributed by atoms with Crippen LogP contribution in [0.1, 0.15) is 32.9 Å².